The highest BCUT2D eigenvalue weighted by Gasteiger charge is 2.18. The third-order valence-corrected chi connectivity index (χ3v) is 5.20. The summed E-state index contributed by atoms with van der Waals surface area (Å²) in [5.74, 6) is -0.827. The minimum absolute atomic E-state index is 0.0946. The summed E-state index contributed by atoms with van der Waals surface area (Å²) in [6.45, 7) is 3.57. The zero-order valence-electron chi connectivity index (χ0n) is 15.2. The molecule has 0 fully saturated rings. The van der Waals surface area contributed by atoms with E-state index < -0.39 is 5.97 Å². The normalized spacial score (nSPS) is 11.1. The van der Waals surface area contributed by atoms with Crippen molar-refractivity contribution in [3.63, 3.8) is 0 Å². The summed E-state index contributed by atoms with van der Waals surface area (Å²) in [5, 5.41) is 1.77. The molecule has 0 bridgehead atoms. The van der Waals surface area contributed by atoms with E-state index in [1.165, 1.54) is 33.9 Å². The van der Waals surface area contributed by atoms with Crippen molar-refractivity contribution < 1.29 is 13.9 Å². The molecule has 8 heteroatoms. The lowest BCUT2D eigenvalue weighted by Gasteiger charge is -2.10. The first-order valence-electron chi connectivity index (χ1n) is 8.52. The van der Waals surface area contributed by atoms with E-state index in [1.54, 1.807) is 36.7 Å². The van der Waals surface area contributed by atoms with E-state index in [-0.39, 0.29) is 18.0 Å². The molecule has 0 saturated heterocycles. The maximum atomic E-state index is 13.2. The summed E-state index contributed by atoms with van der Waals surface area (Å²) in [5.41, 5.74) is 2.87. The van der Waals surface area contributed by atoms with Crippen molar-refractivity contribution in [2.24, 2.45) is 0 Å². The summed E-state index contributed by atoms with van der Waals surface area (Å²) >= 11 is 1.33. The minimum Gasteiger partial charge on any atom is -0.456 e. The van der Waals surface area contributed by atoms with Gasteiger partial charge < -0.3 is 9.30 Å². The summed E-state index contributed by atoms with van der Waals surface area (Å²) < 4.78 is 21.9. The van der Waals surface area contributed by atoms with Gasteiger partial charge in [0.05, 0.1) is 11.3 Å². The van der Waals surface area contributed by atoms with Gasteiger partial charge in [0, 0.05) is 34.7 Å². The Kier molecular flexibility index (Phi) is 4.56. The van der Waals surface area contributed by atoms with Crippen LogP contribution in [0.15, 0.2) is 52.8 Å². The average molecular weight is 397 g/mol. The minimum atomic E-state index is -0.505. The van der Waals surface area contributed by atoms with Crippen LogP contribution in [0.5, 0.6) is 0 Å². The van der Waals surface area contributed by atoms with Crippen molar-refractivity contribution in [3.8, 4) is 5.69 Å². The smallest absolute Gasteiger partial charge is 0.340 e. The first kappa shape index (κ1) is 18.1. The molecule has 4 rings (SSSR count). The van der Waals surface area contributed by atoms with E-state index in [4.69, 9.17) is 4.74 Å². The zero-order chi connectivity index (χ0) is 19.8. The summed E-state index contributed by atoms with van der Waals surface area (Å²) in [6.07, 6.45) is 1.65. The number of carbonyl (C=O) groups is 1. The predicted molar refractivity (Wildman–Crippen MR) is 104 cm³/mol. The van der Waals surface area contributed by atoms with Gasteiger partial charge in [0.2, 0.25) is 0 Å². The molecule has 0 radical (unpaired) electrons. The first-order chi connectivity index (χ1) is 13.4. The zero-order valence-corrected chi connectivity index (χ0v) is 16.0. The van der Waals surface area contributed by atoms with Gasteiger partial charge in [-0.2, -0.15) is 0 Å². The van der Waals surface area contributed by atoms with E-state index in [9.17, 15) is 14.0 Å². The molecule has 0 aliphatic heterocycles. The van der Waals surface area contributed by atoms with Crippen LogP contribution in [0.4, 0.5) is 4.39 Å². The van der Waals surface area contributed by atoms with Crippen LogP contribution in [0, 0.1) is 19.7 Å². The summed E-state index contributed by atoms with van der Waals surface area (Å²) in [6, 6.07) is 9.13. The van der Waals surface area contributed by atoms with E-state index in [2.05, 4.69) is 4.98 Å². The monoisotopic (exact) mass is 397 g/mol. The van der Waals surface area contributed by atoms with Gasteiger partial charge in [-0.15, -0.1) is 11.3 Å². The molecule has 3 aromatic heterocycles. The van der Waals surface area contributed by atoms with Gasteiger partial charge in [-0.25, -0.2) is 14.2 Å². The number of hydrogen-bond acceptors (Lipinski definition) is 5. The average Bonchev–Trinajstić information content (AvgIpc) is 3.25. The van der Waals surface area contributed by atoms with Crippen LogP contribution in [0.2, 0.25) is 0 Å². The Labute approximate surface area is 163 Å². The fraction of sp³-hybridized carbons (Fsp3) is 0.150. The SMILES string of the molecule is Cc1cc(C(=O)OCc2cc(=O)n3ccsc3n2)c(C)n1-c1ccc(F)cc1. The third kappa shape index (κ3) is 3.22. The van der Waals surface area contributed by atoms with Crippen LogP contribution in [0.3, 0.4) is 0 Å². The fourth-order valence-electron chi connectivity index (χ4n) is 3.14. The van der Waals surface area contributed by atoms with Gasteiger partial charge >= 0.3 is 5.97 Å². The number of carbonyl (C=O) groups excluding carboxylic acids is 1. The van der Waals surface area contributed by atoms with Crippen LogP contribution in [0.1, 0.15) is 27.4 Å². The Morgan fingerprint density at radius 2 is 1.96 bits per heavy atom. The van der Waals surface area contributed by atoms with Gasteiger partial charge in [0.1, 0.15) is 12.4 Å². The molecule has 6 nitrogen and oxygen atoms in total. The van der Waals surface area contributed by atoms with Crippen LogP contribution >= 0.6 is 11.3 Å². The number of benzene rings is 1. The number of nitrogens with zero attached hydrogens (tertiary/aromatic N) is 3. The van der Waals surface area contributed by atoms with E-state index in [1.807, 2.05) is 11.5 Å². The molecule has 0 saturated carbocycles. The Bertz CT molecular complexity index is 1240. The van der Waals surface area contributed by atoms with Crippen LogP contribution in [0.25, 0.3) is 10.6 Å². The lowest BCUT2D eigenvalue weighted by molar-refractivity contribution is 0.0467. The quantitative estimate of drug-likeness (QED) is 0.493. The van der Waals surface area contributed by atoms with E-state index >= 15 is 0 Å². The second-order valence-corrected chi connectivity index (χ2v) is 7.19. The van der Waals surface area contributed by atoms with Gasteiger partial charge in [-0.3, -0.25) is 9.20 Å². The van der Waals surface area contributed by atoms with Crippen molar-refractivity contribution in [1.29, 1.82) is 0 Å². The van der Waals surface area contributed by atoms with Crippen LogP contribution in [-0.4, -0.2) is 19.9 Å². The molecule has 28 heavy (non-hydrogen) atoms. The molecule has 0 aliphatic carbocycles. The van der Waals surface area contributed by atoms with Crippen molar-refractivity contribution in [2.45, 2.75) is 20.5 Å². The molecule has 1 aromatic carbocycles. The number of esters is 1. The second-order valence-electron chi connectivity index (χ2n) is 6.31. The fourth-order valence-corrected chi connectivity index (χ4v) is 3.87. The Hall–Kier alpha value is -3.26. The van der Waals surface area contributed by atoms with Crippen LogP contribution in [-0.2, 0) is 11.3 Å². The van der Waals surface area contributed by atoms with Gasteiger partial charge in [-0.05, 0) is 44.2 Å². The lowest BCUT2D eigenvalue weighted by Crippen LogP contribution is -2.15. The van der Waals surface area contributed by atoms with Crippen molar-refractivity contribution >= 4 is 22.3 Å². The number of fused-ring (bicyclic) bond motifs is 1. The van der Waals surface area contributed by atoms with Crippen molar-refractivity contribution in [3.05, 3.63) is 86.8 Å². The summed E-state index contributed by atoms with van der Waals surface area (Å²) in [4.78, 5) is 29.5. The Morgan fingerprint density at radius 1 is 1.21 bits per heavy atom. The van der Waals surface area contributed by atoms with Crippen LogP contribution < -0.4 is 5.56 Å². The first-order valence-corrected chi connectivity index (χ1v) is 9.40. The maximum Gasteiger partial charge on any atom is 0.340 e. The molecular weight excluding hydrogens is 381 g/mol. The predicted octanol–water partition coefficient (Wildman–Crippen LogP) is 3.66. The van der Waals surface area contributed by atoms with E-state index in [0.717, 1.165) is 11.4 Å². The largest absolute Gasteiger partial charge is 0.456 e. The second kappa shape index (κ2) is 7.05. The molecule has 0 spiro atoms. The molecule has 0 amide bonds. The number of halogens is 1. The van der Waals surface area contributed by atoms with Crippen molar-refractivity contribution in [2.75, 3.05) is 0 Å². The Balaban J connectivity index is 1.57. The third-order valence-electron chi connectivity index (χ3n) is 4.44. The molecule has 3 heterocycles. The lowest BCUT2D eigenvalue weighted by atomic mass is 10.2. The van der Waals surface area contributed by atoms with Gasteiger partial charge in [0.15, 0.2) is 4.96 Å². The molecule has 0 unspecified atom stereocenters. The molecule has 4 aromatic rings. The molecule has 142 valence electrons. The number of rotatable bonds is 4. The van der Waals surface area contributed by atoms with Crippen molar-refractivity contribution in [1.82, 2.24) is 14.0 Å². The highest BCUT2D eigenvalue weighted by Crippen LogP contribution is 2.22. The topological polar surface area (TPSA) is 65.6 Å². The highest BCUT2D eigenvalue weighted by atomic mass is 32.1. The Morgan fingerprint density at radius 3 is 2.71 bits per heavy atom. The number of thiazole rings is 1. The maximum absolute atomic E-state index is 13.2. The van der Waals surface area contributed by atoms with Gasteiger partial charge in [0.25, 0.3) is 5.56 Å². The standard InChI is InChI=1S/C20H16FN3O3S/c1-12-9-17(13(2)24(12)16-5-3-14(21)4-6-16)19(26)27-11-15-10-18(25)23-7-8-28-20(23)22-15/h3-10H,11H2,1-2H3. The molecular formula is C20H16FN3O3S. The number of ether oxygens (including phenoxy) is 1. The highest BCUT2D eigenvalue weighted by molar-refractivity contribution is 7.15. The van der Waals surface area contributed by atoms with Gasteiger partial charge in [-0.1, -0.05) is 0 Å². The molecule has 0 N–H and O–H groups in total. The molecule has 0 aliphatic rings. The summed E-state index contributed by atoms with van der Waals surface area (Å²) in [7, 11) is 0. The number of aromatic nitrogens is 3. The number of aryl methyl sites for hydroxylation is 1. The molecule has 0 atom stereocenters. The van der Waals surface area contributed by atoms with E-state index in [0.29, 0.717) is 21.9 Å². The number of hydrogen-bond donors (Lipinski definition) is 0.